The topological polar surface area (TPSA) is 54.1 Å². The fourth-order valence-corrected chi connectivity index (χ4v) is 5.77. The summed E-state index contributed by atoms with van der Waals surface area (Å²) in [7, 11) is 1.66. The van der Waals surface area contributed by atoms with Crippen LogP contribution in [0, 0.1) is 12.1 Å². The molecule has 0 N–H and O–H groups in total. The van der Waals surface area contributed by atoms with E-state index >= 15 is 0 Å². The Morgan fingerprint density at radius 1 is 0.795 bits per heavy atom. The molecule has 0 saturated carbocycles. The first-order valence-corrected chi connectivity index (χ1v) is 14.5. The molecule has 0 aliphatic carbocycles. The van der Waals surface area contributed by atoms with Gasteiger partial charge in [0, 0.05) is 41.0 Å². The van der Waals surface area contributed by atoms with Crippen LogP contribution in [-0.2, 0) is 33.9 Å². The maximum atomic E-state index is 6.33. The molecule has 0 radical (unpaired) electrons. The van der Waals surface area contributed by atoms with Gasteiger partial charge in [-0.3, -0.25) is 4.68 Å². The van der Waals surface area contributed by atoms with E-state index in [1.54, 1.807) is 13.3 Å². The first kappa shape index (κ1) is 29.4. The SMILES string of the molecule is CCc1cccc(CC)c1-c1cnn(-c2[c-]c(Oc3[c-]c4c(cc3)c3ccccc3n4-c3cc(OC)ccn3)ccc2)c1.[Pt+2]. The summed E-state index contributed by atoms with van der Waals surface area (Å²) >= 11 is 0. The molecule has 0 atom stereocenters. The fraction of sp³-hybridized carbons (Fsp3) is 0.135. The number of fused-ring (bicyclic) bond motifs is 3. The van der Waals surface area contributed by atoms with Crippen LogP contribution in [0.2, 0.25) is 0 Å². The molecule has 0 unspecified atom stereocenters. The van der Waals surface area contributed by atoms with Crippen LogP contribution in [0.25, 0.3) is 44.4 Å². The zero-order valence-corrected chi connectivity index (χ0v) is 26.9. The summed E-state index contributed by atoms with van der Waals surface area (Å²) < 4.78 is 15.8. The smallest absolute Gasteiger partial charge is 0.509 e. The van der Waals surface area contributed by atoms with Crippen LogP contribution in [0.3, 0.4) is 0 Å². The van der Waals surface area contributed by atoms with Crippen molar-refractivity contribution < 1.29 is 30.5 Å². The molecule has 0 spiro atoms. The van der Waals surface area contributed by atoms with Crippen molar-refractivity contribution in [3.05, 3.63) is 127 Å². The van der Waals surface area contributed by atoms with E-state index in [-0.39, 0.29) is 21.1 Å². The standard InChI is InChI=1S/C37H30N4O2.Pt/c1-4-25-10-8-11-26(5-2)37(25)27-23-39-40(24-27)28-12-9-13-30(20-28)43-31-16-17-33-32-14-6-7-15-34(32)41(35(33)21-31)36-22-29(42-3)18-19-38-36;/h6-19,22-24H,4-5H2,1-3H3;/q-2;+2. The summed E-state index contributed by atoms with van der Waals surface area (Å²) in [5.41, 5.74) is 7.73. The maximum absolute atomic E-state index is 6.33. The van der Waals surface area contributed by atoms with Gasteiger partial charge in [-0.05, 0) is 52.7 Å². The van der Waals surface area contributed by atoms with Gasteiger partial charge >= 0.3 is 21.1 Å². The third-order valence-electron chi connectivity index (χ3n) is 7.83. The predicted molar refractivity (Wildman–Crippen MR) is 171 cm³/mol. The normalized spacial score (nSPS) is 11.1. The molecular weight excluding hydrogens is 728 g/mol. The van der Waals surface area contributed by atoms with Gasteiger partial charge in [0.15, 0.2) is 0 Å². The van der Waals surface area contributed by atoms with Crippen LogP contribution >= 0.6 is 0 Å². The van der Waals surface area contributed by atoms with Crippen LogP contribution in [0.15, 0.2) is 104 Å². The van der Waals surface area contributed by atoms with Gasteiger partial charge in [-0.1, -0.05) is 55.8 Å². The number of aryl methyl sites for hydroxylation is 2. The summed E-state index contributed by atoms with van der Waals surface area (Å²) in [6.07, 6.45) is 7.69. The van der Waals surface area contributed by atoms with Crippen molar-refractivity contribution in [1.82, 2.24) is 19.3 Å². The van der Waals surface area contributed by atoms with Crippen molar-refractivity contribution in [2.24, 2.45) is 0 Å². The second-order valence-corrected chi connectivity index (χ2v) is 10.3. The first-order valence-electron chi connectivity index (χ1n) is 14.5. The maximum Gasteiger partial charge on any atom is 2.00 e. The molecule has 0 fully saturated rings. The number of aromatic nitrogens is 4. The minimum atomic E-state index is 0. The van der Waals surface area contributed by atoms with Crippen molar-refractivity contribution in [2.45, 2.75) is 26.7 Å². The molecule has 7 rings (SSSR count). The molecule has 0 aliphatic heterocycles. The molecule has 6 nitrogen and oxygen atoms in total. The molecular formula is C37H30N4O2Pt. The average molecular weight is 758 g/mol. The summed E-state index contributed by atoms with van der Waals surface area (Å²) in [5, 5.41) is 6.87. The van der Waals surface area contributed by atoms with Crippen LogP contribution in [-0.4, -0.2) is 26.4 Å². The second kappa shape index (κ2) is 12.5. The van der Waals surface area contributed by atoms with Crippen molar-refractivity contribution >= 4 is 21.8 Å². The Bertz CT molecular complexity index is 2070. The Balaban J connectivity index is 0.00000343. The van der Waals surface area contributed by atoms with E-state index in [0.717, 1.165) is 57.5 Å². The molecule has 0 saturated heterocycles. The summed E-state index contributed by atoms with van der Waals surface area (Å²) in [6, 6.07) is 35.3. The van der Waals surface area contributed by atoms with E-state index in [0.29, 0.717) is 11.5 Å². The zero-order chi connectivity index (χ0) is 29.3. The van der Waals surface area contributed by atoms with Gasteiger partial charge in [0.25, 0.3) is 0 Å². The summed E-state index contributed by atoms with van der Waals surface area (Å²) in [5.74, 6) is 2.65. The molecule has 220 valence electrons. The predicted octanol–water partition coefficient (Wildman–Crippen LogP) is 8.55. The third kappa shape index (κ3) is 5.31. The number of methoxy groups -OCH3 is 1. The van der Waals surface area contributed by atoms with E-state index in [1.807, 2.05) is 59.4 Å². The number of ether oxygens (including phenoxy) is 2. The van der Waals surface area contributed by atoms with Crippen LogP contribution in [0.1, 0.15) is 25.0 Å². The Kier molecular flexibility index (Phi) is 8.36. The molecule has 0 amide bonds. The molecule has 44 heavy (non-hydrogen) atoms. The zero-order valence-electron chi connectivity index (χ0n) is 24.7. The average Bonchev–Trinajstić information content (AvgIpc) is 3.67. The minimum Gasteiger partial charge on any atom is -0.509 e. The van der Waals surface area contributed by atoms with Crippen LogP contribution < -0.4 is 9.47 Å². The number of nitrogens with zero attached hydrogens (tertiary/aromatic N) is 4. The Labute approximate surface area is 271 Å². The van der Waals surface area contributed by atoms with E-state index in [9.17, 15) is 0 Å². The number of benzene rings is 4. The van der Waals surface area contributed by atoms with Gasteiger partial charge < -0.3 is 14.0 Å². The van der Waals surface area contributed by atoms with Crippen molar-refractivity contribution in [3.63, 3.8) is 0 Å². The largest absolute Gasteiger partial charge is 2.00 e. The Hall–Kier alpha value is -4.67. The molecule has 0 aliphatic rings. The molecule has 4 aromatic carbocycles. The number of rotatable bonds is 8. The Morgan fingerprint density at radius 2 is 1.57 bits per heavy atom. The van der Waals surface area contributed by atoms with Gasteiger partial charge in [-0.2, -0.15) is 17.2 Å². The van der Waals surface area contributed by atoms with Crippen molar-refractivity contribution in [3.8, 4) is 39.9 Å². The number of hydrogen-bond acceptors (Lipinski definition) is 4. The van der Waals surface area contributed by atoms with Crippen LogP contribution in [0.4, 0.5) is 0 Å². The number of hydrogen-bond donors (Lipinski definition) is 0. The van der Waals surface area contributed by atoms with Crippen LogP contribution in [0.5, 0.6) is 17.2 Å². The van der Waals surface area contributed by atoms with Gasteiger partial charge in [-0.25, -0.2) is 4.98 Å². The minimum absolute atomic E-state index is 0. The van der Waals surface area contributed by atoms with E-state index < -0.39 is 0 Å². The monoisotopic (exact) mass is 757 g/mol. The van der Waals surface area contributed by atoms with Crippen molar-refractivity contribution in [2.75, 3.05) is 7.11 Å². The Morgan fingerprint density at radius 3 is 2.36 bits per heavy atom. The number of pyridine rings is 1. The number of para-hydroxylation sites is 1. The second-order valence-electron chi connectivity index (χ2n) is 10.3. The van der Waals surface area contributed by atoms with E-state index in [2.05, 4.69) is 83.2 Å². The summed E-state index contributed by atoms with van der Waals surface area (Å²) in [6.45, 7) is 4.39. The van der Waals surface area contributed by atoms with Gasteiger partial charge in [-0.15, -0.1) is 35.7 Å². The van der Waals surface area contributed by atoms with Gasteiger partial charge in [0.1, 0.15) is 11.6 Å². The fourth-order valence-electron chi connectivity index (χ4n) is 5.77. The molecule has 7 aromatic rings. The molecule has 0 bridgehead atoms. The van der Waals surface area contributed by atoms with E-state index in [1.165, 1.54) is 16.7 Å². The molecule has 3 heterocycles. The quantitative estimate of drug-likeness (QED) is 0.146. The molecule has 7 heteroatoms. The van der Waals surface area contributed by atoms with E-state index in [4.69, 9.17) is 9.47 Å². The molecule has 3 aromatic heterocycles. The van der Waals surface area contributed by atoms with Crippen molar-refractivity contribution in [1.29, 1.82) is 0 Å². The third-order valence-corrected chi connectivity index (χ3v) is 7.83. The first-order chi connectivity index (χ1) is 21.2. The summed E-state index contributed by atoms with van der Waals surface area (Å²) in [4.78, 5) is 4.64. The van der Waals surface area contributed by atoms with Gasteiger partial charge in [0.05, 0.1) is 13.3 Å². The van der Waals surface area contributed by atoms with Gasteiger partial charge in [0.2, 0.25) is 0 Å².